The van der Waals surface area contributed by atoms with Gasteiger partial charge in [-0.2, -0.15) is 0 Å². The van der Waals surface area contributed by atoms with Gasteiger partial charge in [0.05, 0.1) is 5.56 Å². The molecule has 0 aliphatic heterocycles. The lowest BCUT2D eigenvalue weighted by Crippen LogP contribution is -2.00. The molecule has 78 valence electrons. The molecule has 2 nitrogen and oxygen atoms in total. The van der Waals surface area contributed by atoms with Gasteiger partial charge in [0.2, 0.25) is 0 Å². The van der Waals surface area contributed by atoms with Gasteiger partial charge in [-0.15, -0.1) is 0 Å². The van der Waals surface area contributed by atoms with Crippen molar-refractivity contribution in [3.63, 3.8) is 0 Å². The number of carbonyl (C=O) groups excluding carboxylic acids is 1. The average Bonchev–Trinajstić information content (AvgIpc) is 2.40. The number of aromatic amines is 1. The van der Waals surface area contributed by atoms with Crippen molar-refractivity contribution in [2.75, 3.05) is 0 Å². The molecular formula is C12H12ClNO. The lowest BCUT2D eigenvalue weighted by atomic mass is 9.93. The fourth-order valence-corrected chi connectivity index (χ4v) is 1.84. The van der Waals surface area contributed by atoms with E-state index in [0.29, 0.717) is 10.7 Å². The van der Waals surface area contributed by atoms with Crippen molar-refractivity contribution in [3.8, 4) is 0 Å². The second-order valence-corrected chi connectivity index (χ2v) is 4.66. The van der Waals surface area contributed by atoms with E-state index in [0.717, 1.165) is 17.5 Å². The number of rotatable bonds is 1. The van der Waals surface area contributed by atoms with Gasteiger partial charge in [-0.25, -0.2) is 0 Å². The van der Waals surface area contributed by atoms with Crippen LogP contribution in [0, 0.1) is 5.41 Å². The first kappa shape index (κ1) is 10.2. The van der Waals surface area contributed by atoms with Crippen molar-refractivity contribution in [1.29, 1.82) is 0 Å². The van der Waals surface area contributed by atoms with E-state index < -0.39 is 0 Å². The first-order chi connectivity index (χ1) is 7.03. The zero-order chi connectivity index (χ0) is 11.1. The van der Waals surface area contributed by atoms with Crippen LogP contribution in [0.25, 0.3) is 12.2 Å². The van der Waals surface area contributed by atoms with Crippen LogP contribution >= 0.6 is 11.6 Å². The third-order valence-electron chi connectivity index (χ3n) is 2.54. The van der Waals surface area contributed by atoms with Gasteiger partial charge in [0.25, 0.3) is 0 Å². The lowest BCUT2D eigenvalue weighted by Gasteiger charge is -2.12. The summed E-state index contributed by atoms with van der Waals surface area (Å²) < 4.78 is 0. The highest BCUT2D eigenvalue weighted by atomic mass is 35.5. The van der Waals surface area contributed by atoms with Crippen LogP contribution in [0.3, 0.4) is 0 Å². The van der Waals surface area contributed by atoms with E-state index >= 15 is 0 Å². The SMILES string of the molecule is CC1(C)C=Cc2[nH]c(Cl)c(C=O)c2C=C1. The lowest BCUT2D eigenvalue weighted by molar-refractivity contribution is 0.112. The second-order valence-electron chi connectivity index (χ2n) is 4.29. The van der Waals surface area contributed by atoms with E-state index in [-0.39, 0.29) is 5.41 Å². The molecular weight excluding hydrogens is 210 g/mol. The van der Waals surface area contributed by atoms with Gasteiger partial charge in [0.1, 0.15) is 5.15 Å². The quantitative estimate of drug-likeness (QED) is 0.723. The van der Waals surface area contributed by atoms with Gasteiger partial charge in [-0.3, -0.25) is 4.79 Å². The summed E-state index contributed by atoms with van der Waals surface area (Å²) in [4.78, 5) is 13.9. The molecule has 0 saturated heterocycles. The Labute approximate surface area is 93.6 Å². The molecule has 1 aliphatic carbocycles. The fourth-order valence-electron chi connectivity index (χ4n) is 1.59. The van der Waals surface area contributed by atoms with Crippen LogP contribution < -0.4 is 0 Å². The number of H-pyrrole nitrogens is 1. The molecule has 0 saturated carbocycles. The van der Waals surface area contributed by atoms with Gasteiger partial charge in [-0.1, -0.05) is 43.7 Å². The highest BCUT2D eigenvalue weighted by molar-refractivity contribution is 6.32. The number of aldehydes is 1. The maximum atomic E-state index is 10.9. The van der Waals surface area contributed by atoms with Gasteiger partial charge < -0.3 is 4.98 Å². The van der Waals surface area contributed by atoms with E-state index in [9.17, 15) is 4.79 Å². The zero-order valence-corrected chi connectivity index (χ0v) is 9.43. The number of halogens is 1. The van der Waals surface area contributed by atoms with Crippen LogP contribution in [0.4, 0.5) is 0 Å². The van der Waals surface area contributed by atoms with Crippen LogP contribution in [0.1, 0.15) is 35.5 Å². The Morgan fingerprint density at radius 2 is 2.00 bits per heavy atom. The predicted molar refractivity (Wildman–Crippen MR) is 63.0 cm³/mol. The zero-order valence-electron chi connectivity index (χ0n) is 8.67. The summed E-state index contributed by atoms with van der Waals surface area (Å²) in [6.07, 6.45) is 8.84. The standard InChI is InChI=1S/C12H12ClNO/c1-12(2)5-3-8-9(7-15)11(13)14-10(8)4-6-12/h3-7,14H,1-2H3. The van der Waals surface area contributed by atoms with Crippen molar-refractivity contribution in [1.82, 2.24) is 4.98 Å². The summed E-state index contributed by atoms with van der Waals surface area (Å²) in [5, 5.41) is 0.406. The van der Waals surface area contributed by atoms with Crippen LogP contribution in [0.2, 0.25) is 5.15 Å². The molecule has 1 N–H and O–H groups in total. The third-order valence-corrected chi connectivity index (χ3v) is 2.84. The molecule has 0 atom stereocenters. The molecule has 0 radical (unpaired) electrons. The van der Waals surface area contributed by atoms with E-state index in [2.05, 4.69) is 31.0 Å². The number of carbonyl (C=O) groups is 1. The number of fused-ring (bicyclic) bond motifs is 1. The molecule has 1 aliphatic rings. The van der Waals surface area contributed by atoms with Crippen molar-refractivity contribution in [3.05, 3.63) is 34.1 Å². The smallest absolute Gasteiger partial charge is 0.153 e. The molecule has 2 rings (SSSR count). The van der Waals surface area contributed by atoms with Gasteiger partial charge >= 0.3 is 0 Å². The minimum Gasteiger partial charge on any atom is -0.345 e. The van der Waals surface area contributed by atoms with E-state index in [1.165, 1.54) is 0 Å². The van der Waals surface area contributed by atoms with Crippen molar-refractivity contribution in [2.45, 2.75) is 13.8 Å². The first-order valence-corrected chi connectivity index (χ1v) is 5.16. The van der Waals surface area contributed by atoms with Crippen LogP contribution in [0.5, 0.6) is 0 Å². The predicted octanol–water partition coefficient (Wildman–Crippen LogP) is 3.55. The maximum Gasteiger partial charge on any atom is 0.153 e. The monoisotopic (exact) mass is 221 g/mol. The van der Waals surface area contributed by atoms with Crippen LogP contribution in [-0.4, -0.2) is 11.3 Å². The summed E-state index contributed by atoms with van der Waals surface area (Å²) in [5.74, 6) is 0. The Morgan fingerprint density at radius 1 is 1.33 bits per heavy atom. The van der Waals surface area contributed by atoms with Gasteiger partial charge in [-0.05, 0) is 6.08 Å². The maximum absolute atomic E-state index is 10.9. The molecule has 0 unspecified atom stereocenters. The molecule has 3 heteroatoms. The Balaban J connectivity index is 2.61. The Hall–Kier alpha value is -1.28. The van der Waals surface area contributed by atoms with Crippen molar-refractivity contribution < 1.29 is 4.79 Å². The van der Waals surface area contributed by atoms with Gasteiger partial charge in [0.15, 0.2) is 6.29 Å². The minimum absolute atomic E-state index is 0.00644. The molecule has 0 spiro atoms. The van der Waals surface area contributed by atoms with Gasteiger partial charge in [0, 0.05) is 16.7 Å². The number of allylic oxidation sites excluding steroid dienone is 2. The molecule has 0 aromatic carbocycles. The Bertz CT molecular complexity index is 466. The molecule has 1 heterocycles. The molecule has 1 aromatic heterocycles. The summed E-state index contributed by atoms with van der Waals surface area (Å²) in [6, 6.07) is 0. The second kappa shape index (κ2) is 3.38. The van der Waals surface area contributed by atoms with E-state index in [4.69, 9.17) is 11.6 Å². The summed E-state index contributed by atoms with van der Waals surface area (Å²) >= 11 is 5.91. The van der Waals surface area contributed by atoms with Crippen molar-refractivity contribution >= 4 is 30.0 Å². The Kier molecular flexibility index (Phi) is 2.31. The third kappa shape index (κ3) is 1.77. The number of aromatic nitrogens is 1. The summed E-state index contributed by atoms with van der Waals surface area (Å²) in [5.41, 5.74) is 2.30. The fraction of sp³-hybridized carbons (Fsp3) is 0.250. The van der Waals surface area contributed by atoms with Crippen LogP contribution in [0.15, 0.2) is 12.2 Å². The normalized spacial score (nSPS) is 17.3. The molecule has 0 fully saturated rings. The summed E-state index contributed by atoms with van der Waals surface area (Å²) in [6.45, 7) is 4.21. The molecule has 15 heavy (non-hydrogen) atoms. The molecule has 1 aromatic rings. The van der Waals surface area contributed by atoms with Crippen LogP contribution in [-0.2, 0) is 0 Å². The molecule has 0 amide bonds. The van der Waals surface area contributed by atoms with Crippen molar-refractivity contribution in [2.24, 2.45) is 5.41 Å². The summed E-state index contributed by atoms with van der Waals surface area (Å²) in [7, 11) is 0. The van der Waals surface area contributed by atoms with E-state index in [1.54, 1.807) is 0 Å². The first-order valence-electron chi connectivity index (χ1n) is 4.78. The number of nitrogens with one attached hydrogen (secondary N) is 1. The van der Waals surface area contributed by atoms with E-state index in [1.807, 2.05) is 12.2 Å². The largest absolute Gasteiger partial charge is 0.345 e. The highest BCUT2D eigenvalue weighted by Gasteiger charge is 2.17. The average molecular weight is 222 g/mol. The highest BCUT2D eigenvalue weighted by Crippen LogP contribution is 2.31. The number of hydrogen-bond acceptors (Lipinski definition) is 1. The molecule has 0 bridgehead atoms. The topological polar surface area (TPSA) is 32.9 Å². The Morgan fingerprint density at radius 3 is 2.67 bits per heavy atom. The minimum atomic E-state index is 0.00644. The number of hydrogen-bond donors (Lipinski definition) is 1.